The van der Waals surface area contributed by atoms with E-state index in [4.69, 9.17) is 25.8 Å². The van der Waals surface area contributed by atoms with Crippen LogP contribution in [0.25, 0.3) is 0 Å². The van der Waals surface area contributed by atoms with Gasteiger partial charge in [-0.3, -0.25) is 4.79 Å². The number of ether oxygens (including phenoxy) is 3. The molecule has 3 unspecified atom stereocenters. The lowest BCUT2D eigenvalue weighted by Crippen LogP contribution is -2.46. The van der Waals surface area contributed by atoms with Gasteiger partial charge in [-0.1, -0.05) is 31.0 Å². The van der Waals surface area contributed by atoms with E-state index in [1.165, 1.54) is 24.0 Å². The number of carbonyl (C=O) groups is 1. The number of fused-ring (bicyclic) bond motifs is 1. The molecule has 2 aromatic carbocycles. The number of likely N-dealkylation sites (N-methyl/N-ethyl adjacent to an activating group) is 1. The fourth-order valence-electron chi connectivity index (χ4n) is 6.19. The highest BCUT2D eigenvalue weighted by Gasteiger charge is 2.37. The first-order valence-corrected chi connectivity index (χ1v) is 15.0. The van der Waals surface area contributed by atoms with Crippen molar-refractivity contribution in [3.63, 3.8) is 0 Å². The van der Waals surface area contributed by atoms with Crippen LogP contribution in [0.4, 0.5) is 5.69 Å². The van der Waals surface area contributed by atoms with E-state index in [1.54, 1.807) is 0 Å². The molecule has 212 valence electrons. The molecule has 1 aliphatic carbocycles. The van der Waals surface area contributed by atoms with Gasteiger partial charge >= 0.3 is 0 Å². The molecule has 2 aromatic rings. The number of benzene rings is 2. The van der Waals surface area contributed by atoms with Crippen molar-refractivity contribution < 1.29 is 19.0 Å². The molecule has 7 heteroatoms. The molecule has 3 atom stereocenters. The summed E-state index contributed by atoms with van der Waals surface area (Å²) in [4.78, 5) is 16.3. The Morgan fingerprint density at radius 2 is 1.85 bits per heavy atom. The van der Waals surface area contributed by atoms with Crippen molar-refractivity contribution in [2.45, 2.75) is 63.7 Å². The van der Waals surface area contributed by atoms with E-state index in [2.05, 4.69) is 43.0 Å². The lowest BCUT2D eigenvalue weighted by atomic mass is 9.71. The van der Waals surface area contributed by atoms with Crippen molar-refractivity contribution in [3.05, 3.63) is 58.1 Å². The Morgan fingerprint density at radius 3 is 2.54 bits per heavy atom. The third kappa shape index (κ3) is 6.79. The Balaban J connectivity index is 1.33. The molecule has 0 spiro atoms. The summed E-state index contributed by atoms with van der Waals surface area (Å²) in [5, 5.41) is 0.788. The molecule has 2 fully saturated rings. The van der Waals surface area contributed by atoms with Crippen LogP contribution >= 0.6 is 11.6 Å². The van der Waals surface area contributed by atoms with Gasteiger partial charge < -0.3 is 24.0 Å². The van der Waals surface area contributed by atoms with Gasteiger partial charge in [-0.15, -0.1) is 0 Å². The Bertz CT molecular complexity index is 1120. The number of hydrogen-bond acceptors (Lipinski definition) is 6. The minimum atomic E-state index is -0.113. The maximum absolute atomic E-state index is 11.7. The van der Waals surface area contributed by atoms with Crippen molar-refractivity contribution in [3.8, 4) is 5.75 Å². The van der Waals surface area contributed by atoms with Crippen molar-refractivity contribution >= 4 is 23.6 Å². The highest BCUT2D eigenvalue weighted by molar-refractivity contribution is 6.30. The standard InChI is InChI=1S/C32H43ClN2O4/c1-4-5-6-24-14-27(33)10-11-29(24)26-17-35(30-13-22(18-36)7-12-31(30)37-19-26)16-25-9-8-23(25)15-32-38-20-28(21-39-32)34(2)3/h7,10-14,18,23,25-26,28,32H,4-6,8-9,15-17,19-21H2,1-3H3. The lowest BCUT2D eigenvalue weighted by molar-refractivity contribution is -0.212. The molecule has 0 amide bonds. The van der Waals surface area contributed by atoms with Crippen LogP contribution in [0.5, 0.6) is 5.75 Å². The van der Waals surface area contributed by atoms with Gasteiger partial charge in [-0.05, 0) is 93.1 Å². The highest BCUT2D eigenvalue weighted by Crippen LogP contribution is 2.43. The van der Waals surface area contributed by atoms with Gasteiger partial charge in [0, 0.05) is 36.0 Å². The zero-order valence-electron chi connectivity index (χ0n) is 23.6. The van der Waals surface area contributed by atoms with Crippen molar-refractivity contribution in [1.29, 1.82) is 0 Å². The van der Waals surface area contributed by atoms with E-state index < -0.39 is 0 Å². The van der Waals surface area contributed by atoms with Crippen molar-refractivity contribution in [1.82, 2.24) is 4.90 Å². The maximum Gasteiger partial charge on any atom is 0.158 e. The zero-order chi connectivity index (χ0) is 27.4. The Labute approximate surface area is 238 Å². The highest BCUT2D eigenvalue weighted by atomic mass is 35.5. The minimum Gasteiger partial charge on any atom is -0.491 e. The summed E-state index contributed by atoms with van der Waals surface area (Å²) in [5.74, 6) is 2.20. The molecule has 0 N–H and O–H groups in total. The number of anilines is 1. The number of carbonyl (C=O) groups excluding carboxylic acids is 1. The Hall–Kier alpha value is -2.12. The summed E-state index contributed by atoms with van der Waals surface area (Å²) in [6.07, 6.45) is 7.46. The van der Waals surface area contributed by atoms with Crippen LogP contribution in [0.15, 0.2) is 36.4 Å². The molecule has 3 aliphatic rings. The molecule has 0 bridgehead atoms. The third-order valence-corrected chi connectivity index (χ3v) is 9.12. The molecule has 5 rings (SSSR count). The molecule has 39 heavy (non-hydrogen) atoms. The SMILES string of the molecule is CCCCc1cc(Cl)ccc1C1COc2ccc(C=O)cc2N(CC2CCC2CC2OCC(N(C)C)CO2)C1. The number of unbranched alkanes of at least 4 members (excludes halogenated alkanes) is 1. The zero-order valence-corrected chi connectivity index (χ0v) is 24.4. The number of hydrogen-bond donors (Lipinski definition) is 0. The summed E-state index contributed by atoms with van der Waals surface area (Å²) < 4.78 is 18.6. The molecule has 2 heterocycles. The van der Waals surface area contributed by atoms with Crippen LogP contribution in [0.1, 0.15) is 66.4 Å². The van der Waals surface area contributed by atoms with Crippen LogP contribution in [0.3, 0.4) is 0 Å². The molecule has 6 nitrogen and oxygen atoms in total. The molecule has 1 saturated carbocycles. The smallest absolute Gasteiger partial charge is 0.158 e. The molecule has 2 aliphatic heterocycles. The summed E-state index contributed by atoms with van der Waals surface area (Å²) in [5.41, 5.74) is 4.35. The summed E-state index contributed by atoms with van der Waals surface area (Å²) in [6.45, 7) is 6.06. The van der Waals surface area contributed by atoms with E-state index in [1.807, 2.05) is 24.3 Å². The molecular formula is C32H43ClN2O4. The van der Waals surface area contributed by atoms with Gasteiger partial charge in [0.1, 0.15) is 12.0 Å². The van der Waals surface area contributed by atoms with Crippen LogP contribution in [-0.4, -0.2) is 70.5 Å². The predicted octanol–water partition coefficient (Wildman–Crippen LogP) is 6.20. The number of rotatable bonds is 10. The second-order valence-electron chi connectivity index (χ2n) is 11.8. The van der Waals surface area contributed by atoms with E-state index in [0.29, 0.717) is 30.0 Å². The molecule has 0 radical (unpaired) electrons. The lowest BCUT2D eigenvalue weighted by Gasteiger charge is -2.43. The second kappa shape index (κ2) is 13.0. The fourth-order valence-corrected chi connectivity index (χ4v) is 6.38. The minimum absolute atomic E-state index is 0.113. The summed E-state index contributed by atoms with van der Waals surface area (Å²) in [7, 11) is 4.14. The summed E-state index contributed by atoms with van der Waals surface area (Å²) in [6, 6.07) is 12.5. The van der Waals surface area contributed by atoms with Gasteiger partial charge in [0.15, 0.2) is 6.29 Å². The Kier molecular flexibility index (Phi) is 9.49. The third-order valence-electron chi connectivity index (χ3n) is 8.89. The maximum atomic E-state index is 11.7. The van der Waals surface area contributed by atoms with E-state index in [0.717, 1.165) is 74.7 Å². The van der Waals surface area contributed by atoms with E-state index >= 15 is 0 Å². The van der Waals surface area contributed by atoms with Crippen LogP contribution in [-0.2, 0) is 15.9 Å². The van der Waals surface area contributed by atoms with Gasteiger partial charge in [0.2, 0.25) is 0 Å². The average Bonchev–Trinajstić information content (AvgIpc) is 3.12. The van der Waals surface area contributed by atoms with Crippen molar-refractivity contribution in [2.24, 2.45) is 11.8 Å². The van der Waals surface area contributed by atoms with Gasteiger partial charge in [0.25, 0.3) is 0 Å². The molecular weight excluding hydrogens is 512 g/mol. The first-order chi connectivity index (χ1) is 18.9. The quantitative estimate of drug-likeness (QED) is 0.326. The van der Waals surface area contributed by atoms with Crippen molar-refractivity contribution in [2.75, 3.05) is 51.9 Å². The normalized spacial score (nSPS) is 26.9. The number of aryl methyl sites for hydroxylation is 1. The van der Waals surface area contributed by atoms with Crippen LogP contribution in [0, 0.1) is 11.8 Å². The fraction of sp³-hybridized carbons (Fsp3) is 0.594. The monoisotopic (exact) mass is 554 g/mol. The summed E-state index contributed by atoms with van der Waals surface area (Å²) >= 11 is 6.42. The topological polar surface area (TPSA) is 51.2 Å². The first-order valence-electron chi connectivity index (χ1n) is 14.6. The first kappa shape index (κ1) is 28.4. The number of aldehydes is 1. The predicted molar refractivity (Wildman–Crippen MR) is 156 cm³/mol. The molecule has 1 saturated heterocycles. The average molecular weight is 555 g/mol. The Morgan fingerprint density at radius 1 is 1.05 bits per heavy atom. The van der Waals surface area contributed by atoms with Gasteiger partial charge in [-0.2, -0.15) is 0 Å². The molecule has 0 aromatic heterocycles. The second-order valence-corrected chi connectivity index (χ2v) is 12.2. The van der Waals surface area contributed by atoms with Crippen LogP contribution < -0.4 is 9.64 Å². The number of halogens is 1. The van der Waals surface area contributed by atoms with E-state index in [-0.39, 0.29) is 12.2 Å². The van der Waals surface area contributed by atoms with Crippen LogP contribution in [0.2, 0.25) is 5.02 Å². The largest absolute Gasteiger partial charge is 0.491 e. The van der Waals surface area contributed by atoms with E-state index in [9.17, 15) is 4.79 Å². The van der Waals surface area contributed by atoms with Gasteiger partial charge in [0.05, 0.1) is 31.5 Å². The van der Waals surface area contributed by atoms with Gasteiger partial charge in [-0.25, -0.2) is 0 Å². The number of nitrogens with zero attached hydrogens (tertiary/aromatic N) is 2.